The molecule has 1 amide bonds. The highest BCUT2D eigenvalue weighted by Gasteiger charge is 2.30. The van der Waals surface area contributed by atoms with Crippen molar-refractivity contribution in [3.63, 3.8) is 0 Å². The summed E-state index contributed by atoms with van der Waals surface area (Å²) in [4.78, 5) is 17.3. The fourth-order valence-electron chi connectivity index (χ4n) is 4.27. The second-order valence-electron chi connectivity index (χ2n) is 7.24. The van der Waals surface area contributed by atoms with E-state index in [9.17, 15) is 4.79 Å². The molecule has 2 aromatic rings. The van der Waals surface area contributed by atoms with Gasteiger partial charge < -0.3 is 4.90 Å². The molecule has 0 unspecified atom stereocenters. The number of hydrogen-bond acceptors (Lipinski definition) is 2. The molecule has 126 valence electrons. The Hall–Kier alpha value is -1.87. The Bertz CT molecular complexity index is 715. The van der Waals surface area contributed by atoms with Crippen LogP contribution in [0, 0.1) is 5.92 Å². The quantitative estimate of drug-likeness (QED) is 0.861. The van der Waals surface area contributed by atoms with Gasteiger partial charge in [-0.15, -0.1) is 0 Å². The maximum atomic E-state index is 12.7. The van der Waals surface area contributed by atoms with Crippen molar-refractivity contribution in [1.29, 1.82) is 0 Å². The summed E-state index contributed by atoms with van der Waals surface area (Å²) in [7, 11) is 0. The summed E-state index contributed by atoms with van der Waals surface area (Å²) in [5.41, 5.74) is 1.38. The largest absolute Gasteiger partial charge is 0.342 e. The van der Waals surface area contributed by atoms with Crippen molar-refractivity contribution >= 4 is 16.7 Å². The van der Waals surface area contributed by atoms with Gasteiger partial charge in [0.05, 0.1) is 5.92 Å². The Balaban J connectivity index is 1.47. The van der Waals surface area contributed by atoms with Crippen molar-refractivity contribution in [3.05, 3.63) is 48.0 Å². The molecule has 4 rings (SSSR count). The minimum atomic E-state index is 0.201. The van der Waals surface area contributed by atoms with Crippen LogP contribution >= 0.6 is 0 Å². The van der Waals surface area contributed by atoms with Gasteiger partial charge in [-0.25, -0.2) is 0 Å². The minimum absolute atomic E-state index is 0.201. The van der Waals surface area contributed by atoms with E-state index in [-0.39, 0.29) is 5.92 Å². The Morgan fingerprint density at radius 3 is 2.62 bits per heavy atom. The van der Waals surface area contributed by atoms with Gasteiger partial charge in [0, 0.05) is 26.2 Å². The summed E-state index contributed by atoms with van der Waals surface area (Å²) in [6.45, 7) is 4.91. The van der Waals surface area contributed by atoms with Crippen LogP contribution in [0.5, 0.6) is 0 Å². The second-order valence-corrected chi connectivity index (χ2v) is 7.24. The lowest BCUT2D eigenvalue weighted by Crippen LogP contribution is -2.43. The lowest BCUT2D eigenvalue weighted by Gasteiger charge is -2.34. The summed E-state index contributed by atoms with van der Waals surface area (Å²) in [5, 5.41) is 2.64. The molecule has 2 aliphatic heterocycles. The van der Waals surface area contributed by atoms with Crippen molar-refractivity contribution in [1.82, 2.24) is 9.80 Å². The van der Waals surface area contributed by atoms with E-state index < -0.39 is 0 Å². The maximum absolute atomic E-state index is 12.7. The van der Waals surface area contributed by atoms with E-state index >= 15 is 0 Å². The van der Waals surface area contributed by atoms with Crippen LogP contribution in [0.3, 0.4) is 0 Å². The van der Waals surface area contributed by atoms with Gasteiger partial charge in [0.1, 0.15) is 0 Å². The lowest BCUT2D eigenvalue weighted by molar-refractivity contribution is -0.136. The molecule has 2 aliphatic rings. The number of carbonyl (C=O) groups is 1. The van der Waals surface area contributed by atoms with E-state index in [4.69, 9.17) is 0 Å². The molecule has 3 heteroatoms. The number of benzene rings is 2. The summed E-state index contributed by atoms with van der Waals surface area (Å²) in [5.74, 6) is 0.599. The Morgan fingerprint density at radius 1 is 0.958 bits per heavy atom. The standard InChI is InChI=1S/C21H26N2O/c24-21(23-13-3-4-14-23)19-10-6-12-22(16-19)15-18-9-5-8-17-7-1-2-11-20(17)18/h1-2,5,7-9,11,19H,3-4,6,10,12-16H2/t19-/m1/s1. The number of piperidine rings is 1. The normalized spacial score (nSPS) is 22.2. The van der Waals surface area contributed by atoms with Crippen LogP contribution in [0.15, 0.2) is 42.5 Å². The predicted octanol–water partition coefficient (Wildman–Crippen LogP) is 3.67. The monoisotopic (exact) mass is 322 g/mol. The van der Waals surface area contributed by atoms with Gasteiger partial charge >= 0.3 is 0 Å². The zero-order valence-corrected chi connectivity index (χ0v) is 14.3. The smallest absolute Gasteiger partial charge is 0.226 e. The number of amides is 1. The van der Waals surface area contributed by atoms with Gasteiger partial charge in [-0.2, -0.15) is 0 Å². The third-order valence-electron chi connectivity index (χ3n) is 5.55. The summed E-state index contributed by atoms with van der Waals surface area (Å²) >= 11 is 0. The Labute approximate surface area is 144 Å². The summed E-state index contributed by atoms with van der Waals surface area (Å²) in [6.07, 6.45) is 4.55. The third-order valence-corrected chi connectivity index (χ3v) is 5.55. The number of nitrogens with zero attached hydrogens (tertiary/aromatic N) is 2. The summed E-state index contributed by atoms with van der Waals surface area (Å²) in [6, 6.07) is 15.1. The molecule has 0 aromatic heterocycles. The fraction of sp³-hybridized carbons (Fsp3) is 0.476. The van der Waals surface area contributed by atoms with Gasteiger partial charge in [0.2, 0.25) is 5.91 Å². The van der Waals surface area contributed by atoms with Crippen LogP contribution in [0.25, 0.3) is 10.8 Å². The second kappa shape index (κ2) is 6.94. The van der Waals surface area contributed by atoms with E-state index in [0.29, 0.717) is 5.91 Å². The first-order chi connectivity index (χ1) is 11.8. The molecule has 2 fully saturated rings. The number of carbonyl (C=O) groups excluding carboxylic acids is 1. The fourth-order valence-corrected chi connectivity index (χ4v) is 4.27. The molecule has 0 N–H and O–H groups in total. The molecule has 0 spiro atoms. The molecule has 0 bridgehead atoms. The number of hydrogen-bond donors (Lipinski definition) is 0. The highest BCUT2D eigenvalue weighted by Crippen LogP contribution is 2.25. The van der Waals surface area contributed by atoms with Crippen LogP contribution in [0.1, 0.15) is 31.2 Å². The molecular weight excluding hydrogens is 296 g/mol. The van der Waals surface area contributed by atoms with E-state index in [1.165, 1.54) is 29.2 Å². The minimum Gasteiger partial charge on any atom is -0.342 e. The first-order valence-electron chi connectivity index (χ1n) is 9.29. The molecule has 2 aromatic carbocycles. The van der Waals surface area contributed by atoms with Crippen molar-refractivity contribution in [2.45, 2.75) is 32.2 Å². The van der Waals surface area contributed by atoms with E-state index in [0.717, 1.165) is 45.6 Å². The van der Waals surface area contributed by atoms with Crippen molar-refractivity contribution < 1.29 is 4.79 Å². The van der Waals surface area contributed by atoms with Crippen LogP contribution in [0.4, 0.5) is 0 Å². The SMILES string of the molecule is O=C([C@@H]1CCCN(Cc2cccc3ccccc23)C1)N1CCCC1. The Kier molecular flexibility index (Phi) is 4.52. The van der Waals surface area contributed by atoms with Crippen LogP contribution in [0.2, 0.25) is 0 Å². The van der Waals surface area contributed by atoms with Crippen molar-refractivity contribution in [3.8, 4) is 0 Å². The molecular formula is C21H26N2O. The number of fused-ring (bicyclic) bond motifs is 1. The number of rotatable bonds is 3. The van der Waals surface area contributed by atoms with E-state index in [1.807, 2.05) is 0 Å². The zero-order valence-electron chi connectivity index (χ0n) is 14.3. The average molecular weight is 322 g/mol. The third kappa shape index (κ3) is 3.18. The molecule has 2 saturated heterocycles. The lowest BCUT2D eigenvalue weighted by atomic mass is 9.95. The van der Waals surface area contributed by atoms with Gasteiger partial charge in [-0.05, 0) is 48.6 Å². The van der Waals surface area contributed by atoms with Crippen LogP contribution in [-0.4, -0.2) is 41.9 Å². The van der Waals surface area contributed by atoms with Gasteiger partial charge in [-0.3, -0.25) is 9.69 Å². The van der Waals surface area contributed by atoms with Crippen molar-refractivity contribution in [2.24, 2.45) is 5.92 Å². The highest BCUT2D eigenvalue weighted by molar-refractivity contribution is 5.85. The Morgan fingerprint density at radius 2 is 1.75 bits per heavy atom. The first kappa shape index (κ1) is 15.6. The molecule has 0 aliphatic carbocycles. The van der Waals surface area contributed by atoms with Crippen molar-refractivity contribution in [2.75, 3.05) is 26.2 Å². The number of likely N-dealkylation sites (tertiary alicyclic amines) is 2. The van der Waals surface area contributed by atoms with E-state index in [1.54, 1.807) is 0 Å². The zero-order chi connectivity index (χ0) is 16.4. The predicted molar refractivity (Wildman–Crippen MR) is 97.8 cm³/mol. The van der Waals surface area contributed by atoms with Crippen LogP contribution < -0.4 is 0 Å². The van der Waals surface area contributed by atoms with E-state index in [2.05, 4.69) is 52.3 Å². The average Bonchev–Trinajstić information content (AvgIpc) is 3.16. The highest BCUT2D eigenvalue weighted by atomic mass is 16.2. The topological polar surface area (TPSA) is 23.6 Å². The molecule has 3 nitrogen and oxygen atoms in total. The van der Waals surface area contributed by atoms with Gasteiger partial charge in [-0.1, -0.05) is 42.5 Å². The van der Waals surface area contributed by atoms with Crippen LogP contribution in [-0.2, 0) is 11.3 Å². The maximum Gasteiger partial charge on any atom is 0.226 e. The molecule has 0 saturated carbocycles. The summed E-state index contributed by atoms with van der Waals surface area (Å²) < 4.78 is 0. The molecule has 24 heavy (non-hydrogen) atoms. The molecule has 2 heterocycles. The molecule has 1 atom stereocenters. The van der Waals surface area contributed by atoms with Gasteiger partial charge in [0.15, 0.2) is 0 Å². The molecule has 0 radical (unpaired) electrons. The first-order valence-corrected chi connectivity index (χ1v) is 9.29. The van der Waals surface area contributed by atoms with Gasteiger partial charge in [0.25, 0.3) is 0 Å².